The van der Waals surface area contributed by atoms with Crippen LogP contribution in [-0.4, -0.2) is 23.1 Å². The Kier molecular flexibility index (Phi) is 4.25. The molecule has 1 aromatic heterocycles. The standard InChI is InChI=1S/C20H20O5/c1-10(2)12-5-6-13-8-16(25-20(13)23)18(11(3)4)17-9-14(19(21)22)15(7-12)24-17/h5-6,8-9,12,16,18H,1,3,7H2,2,4H3,(H,21,22)/b6-5-/t12?,16-,18-/m1/s1. The predicted octanol–water partition coefficient (Wildman–Crippen LogP) is 3.79. The molecule has 0 aromatic carbocycles. The molecule has 0 spiro atoms. The van der Waals surface area contributed by atoms with Gasteiger partial charge in [-0.15, -0.1) is 0 Å². The van der Waals surface area contributed by atoms with Crippen LogP contribution in [0.1, 0.15) is 41.6 Å². The monoisotopic (exact) mass is 340 g/mol. The summed E-state index contributed by atoms with van der Waals surface area (Å²) in [6.45, 7) is 11.6. The largest absolute Gasteiger partial charge is 0.478 e. The summed E-state index contributed by atoms with van der Waals surface area (Å²) in [5, 5.41) is 9.52. The van der Waals surface area contributed by atoms with E-state index in [9.17, 15) is 14.7 Å². The maximum Gasteiger partial charge on any atom is 0.339 e. The number of hydrogen-bond donors (Lipinski definition) is 1. The minimum absolute atomic E-state index is 0.120. The Morgan fingerprint density at radius 1 is 1.28 bits per heavy atom. The topological polar surface area (TPSA) is 76.7 Å². The normalized spacial score (nSPS) is 26.2. The fraction of sp³-hybridized carbons (Fsp3) is 0.300. The molecular weight excluding hydrogens is 320 g/mol. The minimum Gasteiger partial charge on any atom is -0.478 e. The van der Waals surface area contributed by atoms with Crippen molar-refractivity contribution in [3.05, 3.63) is 71.3 Å². The molecule has 25 heavy (non-hydrogen) atoms. The van der Waals surface area contributed by atoms with Gasteiger partial charge in [-0.1, -0.05) is 36.5 Å². The second-order valence-electron chi connectivity index (χ2n) is 6.62. The molecular formula is C20H20O5. The average Bonchev–Trinajstić information content (AvgIpc) is 3.05. The maximum absolute atomic E-state index is 12.1. The van der Waals surface area contributed by atoms with Crippen molar-refractivity contribution in [2.24, 2.45) is 5.92 Å². The van der Waals surface area contributed by atoms with E-state index in [0.29, 0.717) is 23.5 Å². The molecule has 0 saturated heterocycles. The summed E-state index contributed by atoms with van der Waals surface area (Å²) in [6.07, 6.45) is 5.09. The van der Waals surface area contributed by atoms with Gasteiger partial charge in [0.15, 0.2) is 0 Å². The Labute approximate surface area is 146 Å². The first-order valence-electron chi connectivity index (χ1n) is 8.05. The number of carbonyl (C=O) groups is 2. The summed E-state index contributed by atoms with van der Waals surface area (Å²) < 4.78 is 11.4. The molecule has 0 radical (unpaired) electrons. The average molecular weight is 340 g/mol. The van der Waals surface area contributed by atoms with E-state index in [0.717, 1.165) is 11.1 Å². The zero-order chi connectivity index (χ0) is 18.3. The third-order valence-corrected chi connectivity index (χ3v) is 4.59. The quantitative estimate of drug-likeness (QED) is 0.669. The van der Waals surface area contributed by atoms with Gasteiger partial charge in [0, 0.05) is 12.3 Å². The molecule has 1 unspecified atom stereocenters. The van der Waals surface area contributed by atoms with Crippen LogP contribution in [0.2, 0.25) is 0 Å². The highest BCUT2D eigenvalue weighted by Crippen LogP contribution is 2.37. The third kappa shape index (κ3) is 3.09. The summed E-state index contributed by atoms with van der Waals surface area (Å²) in [6, 6.07) is 1.51. The maximum atomic E-state index is 12.1. The van der Waals surface area contributed by atoms with E-state index in [2.05, 4.69) is 13.2 Å². The van der Waals surface area contributed by atoms with Crippen LogP contribution in [0.25, 0.3) is 0 Å². The van der Waals surface area contributed by atoms with Crippen molar-refractivity contribution < 1.29 is 23.8 Å². The van der Waals surface area contributed by atoms with Crippen LogP contribution >= 0.6 is 0 Å². The summed E-state index contributed by atoms with van der Waals surface area (Å²) in [7, 11) is 0. The first kappa shape index (κ1) is 17.0. The fourth-order valence-corrected chi connectivity index (χ4v) is 3.21. The summed E-state index contributed by atoms with van der Waals surface area (Å²) >= 11 is 0. The van der Waals surface area contributed by atoms with E-state index in [4.69, 9.17) is 9.15 Å². The van der Waals surface area contributed by atoms with Crippen molar-refractivity contribution >= 4 is 11.9 Å². The lowest BCUT2D eigenvalue weighted by Gasteiger charge is -2.20. The number of hydrogen-bond acceptors (Lipinski definition) is 4. The van der Waals surface area contributed by atoms with Gasteiger partial charge in [-0.3, -0.25) is 0 Å². The van der Waals surface area contributed by atoms with Crippen LogP contribution in [0.4, 0.5) is 0 Å². The molecule has 2 aliphatic heterocycles. The summed E-state index contributed by atoms with van der Waals surface area (Å²) in [5.74, 6) is -1.20. The Hall–Kier alpha value is -2.82. The smallest absolute Gasteiger partial charge is 0.339 e. The van der Waals surface area contributed by atoms with Crippen LogP contribution in [0, 0.1) is 5.92 Å². The lowest BCUT2D eigenvalue weighted by molar-refractivity contribution is -0.139. The van der Waals surface area contributed by atoms with Gasteiger partial charge < -0.3 is 14.3 Å². The van der Waals surface area contributed by atoms with Crippen molar-refractivity contribution in [3.8, 4) is 0 Å². The van der Waals surface area contributed by atoms with Gasteiger partial charge in [0.05, 0.1) is 11.5 Å². The number of carboxylic acids is 1. The Morgan fingerprint density at radius 2 is 2.00 bits per heavy atom. The SMILES string of the molecule is C=C(C)C1/C=C\C2=C[C@@H](OC2=O)[C@@H](C(=C)C)c2cc(C(=O)O)c(o2)C1. The summed E-state index contributed by atoms with van der Waals surface area (Å²) in [5.41, 5.74) is 2.18. The van der Waals surface area contributed by atoms with Crippen molar-refractivity contribution in [1.82, 2.24) is 0 Å². The number of esters is 1. The van der Waals surface area contributed by atoms with Crippen LogP contribution in [0.15, 0.2) is 58.6 Å². The molecule has 2 aliphatic rings. The zero-order valence-electron chi connectivity index (χ0n) is 14.2. The molecule has 1 aromatic rings. The number of carboxylic acid groups (broad SMARTS) is 1. The van der Waals surface area contributed by atoms with Crippen molar-refractivity contribution in [1.29, 1.82) is 0 Å². The molecule has 5 heteroatoms. The molecule has 3 heterocycles. The lowest BCUT2D eigenvalue weighted by atomic mass is 9.90. The molecule has 5 nitrogen and oxygen atoms in total. The molecule has 0 fully saturated rings. The molecule has 3 rings (SSSR count). The Balaban J connectivity index is 2.19. The highest BCUT2D eigenvalue weighted by Gasteiger charge is 2.36. The number of ether oxygens (including phenoxy) is 1. The van der Waals surface area contributed by atoms with E-state index in [1.54, 1.807) is 19.1 Å². The zero-order valence-corrected chi connectivity index (χ0v) is 14.2. The molecule has 1 N–H and O–H groups in total. The van der Waals surface area contributed by atoms with Gasteiger partial charge in [-0.2, -0.15) is 0 Å². The molecule has 4 bridgehead atoms. The number of rotatable bonds is 3. The van der Waals surface area contributed by atoms with E-state index in [1.165, 1.54) is 6.07 Å². The highest BCUT2D eigenvalue weighted by atomic mass is 16.5. The van der Waals surface area contributed by atoms with E-state index < -0.39 is 24.0 Å². The van der Waals surface area contributed by atoms with Crippen LogP contribution in [-0.2, 0) is 16.0 Å². The molecule has 0 amide bonds. The summed E-state index contributed by atoms with van der Waals surface area (Å²) in [4.78, 5) is 23.8. The van der Waals surface area contributed by atoms with Crippen molar-refractivity contribution in [3.63, 3.8) is 0 Å². The molecule has 130 valence electrons. The van der Waals surface area contributed by atoms with Gasteiger partial charge in [-0.25, -0.2) is 9.59 Å². The Bertz CT molecular complexity index is 836. The fourth-order valence-electron chi connectivity index (χ4n) is 3.21. The first-order valence-corrected chi connectivity index (χ1v) is 8.05. The van der Waals surface area contributed by atoms with Gasteiger partial charge in [0.2, 0.25) is 0 Å². The van der Waals surface area contributed by atoms with Crippen molar-refractivity contribution in [2.75, 3.05) is 0 Å². The van der Waals surface area contributed by atoms with Gasteiger partial charge >= 0.3 is 11.9 Å². The molecule has 0 saturated carbocycles. The highest BCUT2D eigenvalue weighted by molar-refractivity contribution is 5.94. The second kappa shape index (κ2) is 6.24. The van der Waals surface area contributed by atoms with Crippen LogP contribution in [0.5, 0.6) is 0 Å². The number of furan rings is 1. The predicted molar refractivity (Wildman–Crippen MR) is 92.3 cm³/mol. The van der Waals surface area contributed by atoms with E-state index in [1.807, 2.05) is 13.0 Å². The van der Waals surface area contributed by atoms with Crippen molar-refractivity contribution in [2.45, 2.75) is 32.3 Å². The third-order valence-electron chi connectivity index (χ3n) is 4.59. The number of carbonyl (C=O) groups excluding carboxylic acids is 1. The number of allylic oxidation sites excluding steroid dienone is 2. The molecule has 3 atom stereocenters. The Morgan fingerprint density at radius 3 is 2.60 bits per heavy atom. The van der Waals surface area contributed by atoms with Gasteiger partial charge in [0.25, 0.3) is 0 Å². The van der Waals surface area contributed by atoms with Crippen LogP contribution in [0.3, 0.4) is 0 Å². The lowest BCUT2D eigenvalue weighted by Crippen LogP contribution is -2.19. The number of fused-ring (bicyclic) bond motifs is 3. The van der Waals surface area contributed by atoms with Gasteiger partial charge in [0.1, 0.15) is 23.2 Å². The van der Waals surface area contributed by atoms with E-state index >= 15 is 0 Å². The first-order chi connectivity index (χ1) is 11.8. The molecule has 0 aliphatic carbocycles. The van der Waals surface area contributed by atoms with Crippen LogP contribution < -0.4 is 0 Å². The van der Waals surface area contributed by atoms with Gasteiger partial charge in [-0.05, 0) is 26.0 Å². The second-order valence-corrected chi connectivity index (χ2v) is 6.62. The van der Waals surface area contributed by atoms with E-state index in [-0.39, 0.29) is 11.5 Å². The minimum atomic E-state index is -1.05. The number of aromatic carboxylic acids is 1.